The maximum atomic E-state index is 13.1. The van der Waals surface area contributed by atoms with E-state index < -0.39 is 11.7 Å². The Hall–Kier alpha value is -2.32. The fourth-order valence-electron chi connectivity index (χ4n) is 1.60. The molecule has 0 atom stereocenters. The van der Waals surface area contributed by atoms with E-state index in [9.17, 15) is 9.18 Å². The topological polar surface area (TPSA) is 96.5 Å². The Labute approximate surface area is 126 Å². The zero-order valence-electron chi connectivity index (χ0n) is 10.1. The molecule has 106 valence electrons. The van der Waals surface area contributed by atoms with Crippen LogP contribution in [0.25, 0.3) is 11.2 Å². The van der Waals surface area contributed by atoms with Crippen LogP contribution in [0.3, 0.4) is 0 Å². The van der Waals surface area contributed by atoms with Crippen molar-refractivity contribution in [3.63, 3.8) is 0 Å². The van der Waals surface area contributed by atoms with Gasteiger partial charge in [0, 0.05) is 0 Å². The minimum absolute atomic E-state index is 0.0788. The van der Waals surface area contributed by atoms with E-state index in [1.165, 1.54) is 6.33 Å². The Balaban J connectivity index is 1.94. The van der Waals surface area contributed by atoms with Crippen molar-refractivity contribution in [3.05, 3.63) is 40.3 Å². The van der Waals surface area contributed by atoms with Crippen molar-refractivity contribution >= 4 is 46.2 Å². The molecule has 0 fully saturated rings. The zero-order chi connectivity index (χ0) is 15.0. The summed E-state index contributed by atoms with van der Waals surface area (Å²) >= 11 is 11.7. The van der Waals surface area contributed by atoms with Crippen molar-refractivity contribution in [3.8, 4) is 0 Å². The molecule has 1 amide bonds. The highest BCUT2D eigenvalue weighted by Gasteiger charge is 2.16. The molecule has 0 bridgehead atoms. The smallest absolute Gasteiger partial charge is 0.261 e. The summed E-state index contributed by atoms with van der Waals surface area (Å²) in [5.41, 5.74) is 0.590. The number of imidazole rings is 1. The molecule has 0 saturated heterocycles. The van der Waals surface area contributed by atoms with E-state index in [-0.39, 0.29) is 27.5 Å². The van der Waals surface area contributed by atoms with E-state index >= 15 is 0 Å². The van der Waals surface area contributed by atoms with Crippen molar-refractivity contribution in [2.45, 2.75) is 0 Å². The molecule has 0 aromatic carbocycles. The molecule has 0 aliphatic carbocycles. The molecule has 7 nitrogen and oxygen atoms in total. The number of anilines is 1. The lowest BCUT2D eigenvalue weighted by atomic mass is 10.2. The molecule has 0 aliphatic heterocycles. The maximum Gasteiger partial charge on any atom is 0.261 e. The number of aromatic nitrogens is 5. The molecule has 0 saturated carbocycles. The predicted octanol–water partition coefficient (Wildman–Crippen LogP) is 2.45. The molecule has 3 heterocycles. The minimum atomic E-state index is -0.710. The molecule has 0 aliphatic rings. The number of carbonyl (C=O) groups is 1. The molecule has 3 rings (SSSR count). The number of aromatic amines is 1. The van der Waals surface area contributed by atoms with Crippen LogP contribution in [0.1, 0.15) is 10.4 Å². The Bertz CT molecular complexity index is 852. The SMILES string of the molecule is O=C(Nc1nc(Cl)c2[nH]cnc2n1)c1cc(F)cnc1Cl. The molecule has 0 radical (unpaired) electrons. The van der Waals surface area contributed by atoms with Crippen molar-refractivity contribution < 1.29 is 9.18 Å². The first-order chi connectivity index (χ1) is 10.0. The fourth-order valence-corrected chi connectivity index (χ4v) is 2.01. The second-order valence-electron chi connectivity index (χ2n) is 3.89. The molecule has 3 aromatic rings. The lowest BCUT2D eigenvalue weighted by molar-refractivity contribution is 0.102. The molecule has 0 unspecified atom stereocenters. The van der Waals surface area contributed by atoms with Crippen LogP contribution in [0.4, 0.5) is 10.3 Å². The molecule has 10 heteroatoms. The Morgan fingerprint density at radius 3 is 2.86 bits per heavy atom. The van der Waals surface area contributed by atoms with Gasteiger partial charge in [0.1, 0.15) is 16.5 Å². The van der Waals surface area contributed by atoms with Gasteiger partial charge in [-0.3, -0.25) is 10.1 Å². The summed E-state index contributed by atoms with van der Waals surface area (Å²) in [6.45, 7) is 0. The van der Waals surface area contributed by atoms with Gasteiger partial charge in [-0.15, -0.1) is 0 Å². The molecule has 3 aromatic heterocycles. The summed E-state index contributed by atoms with van der Waals surface area (Å²) in [6, 6.07) is 0.958. The van der Waals surface area contributed by atoms with Crippen LogP contribution in [-0.4, -0.2) is 30.8 Å². The second-order valence-corrected chi connectivity index (χ2v) is 4.60. The molecule has 0 spiro atoms. The number of rotatable bonds is 2. The number of nitrogens with one attached hydrogen (secondary N) is 2. The molecular weight excluding hydrogens is 322 g/mol. The van der Waals surface area contributed by atoms with Crippen LogP contribution in [0, 0.1) is 5.82 Å². The third kappa shape index (κ3) is 2.63. The van der Waals surface area contributed by atoms with Crippen molar-refractivity contribution in [1.29, 1.82) is 0 Å². The lowest BCUT2D eigenvalue weighted by Crippen LogP contribution is -2.15. The Morgan fingerprint density at radius 1 is 1.24 bits per heavy atom. The number of nitrogens with zero attached hydrogens (tertiary/aromatic N) is 4. The van der Waals surface area contributed by atoms with Crippen molar-refractivity contribution in [1.82, 2.24) is 24.9 Å². The summed E-state index contributed by atoms with van der Waals surface area (Å²) in [4.78, 5) is 30.1. The minimum Gasteiger partial charge on any atom is -0.341 e. The van der Waals surface area contributed by atoms with E-state index in [0.29, 0.717) is 5.52 Å². The van der Waals surface area contributed by atoms with Gasteiger partial charge in [0.15, 0.2) is 10.8 Å². The summed E-state index contributed by atoms with van der Waals surface area (Å²) in [5, 5.41) is 2.31. The number of carbonyl (C=O) groups excluding carboxylic acids is 1. The van der Waals surface area contributed by atoms with Gasteiger partial charge in [-0.1, -0.05) is 23.2 Å². The normalized spacial score (nSPS) is 10.8. The standard InChI is InChI=1S/C11H5Cl2FN6O/c12-7-5(1-4(14)2-15-7)10(21)20-11-18-8(13)6-9(19-11)17-3-16-6/h1-3H,(H2,16,17,18,19,20,21). The van der Waals surface area contributed by atoms with Crippen molar-refractivity contribution in [2.75, 3.05) is 5.32 Å². The zero-order valence-corrected chi connectivity index (χ0v) is 11.6. The molecular formula is C11H5Cl2FN6O. The van der Waals surface area contributed by atoms with Gasteiger partial charge in [0.05, 0.1) is 18.1 Å². The number of H-pyrrole nitrogens is 1. The Kier molecular flexibility index (Phi) is 3.40. The summed E-state index contributed by atoms with van der Waals surface area (Å²) in [7, 11) is 0. The average Bonchev–Trinajstić information content (AvgIpc) is 2.90. The highest BCUT2D eigenvalue weighted by molar-refractivity contribution is 6.34. The second kappa shape index (κ2) is 5.23. The summed E-state index contributed by atoms with van der Waals surface area (Å²) < 4.78 is 13.1. The van der Waals surface area contributed by atoms with Crippen LogP contribution < -0.4 is 5.32 Å². The van der Waals surface area contributed by atoms with Gasteiger partial charge >= 0.3 is 0 Å². The third-order valence-electron chi connectivity index (χ3n) is 2.52. The van der Waals surface area contributed by atoms with Gasteiger partial charge in [-0.05, 0) is 6.07 Å². The van der Waals surface area contributed by atoms with Crippen LogP contribution in [-0.2, 0) is 0 Å². The lowest BCUT2D eigenvalue weighted by Gasteiger charge is -2.05. The van der Waals surface area contributed by atoms with E-state index in [2.05, 4.69) is 30.2 Å². The quantitative estimate of drug-likeness (QED) is 0.557. The number of pyridine rings is 1. The van der Waals surface area contributed by atoms with Gasteiger partial charge in [0.25, 0.3) is 5.91 Å². The monoisotopic (exact) mass is 326 g/mol. The van der Waals surface area contributed by atoms with Gasteiger partial charge in [0.2, 0.25) is 5.95 Å². The number of amides is 1. The third-order valence-corrected chi connectivity index (χ3v) is 3.09. The molecule has 2 N–H and O–H groups in total. The maximum absolute atomic E-state index is 13.1. The van der Waals surface area contributed by atoms with Crippen LogP contribution in [0.15, 0.2) is 18.6 Å². The number of fused-ring (bicyclic) bond motifs is 1. The van der Waals surface area contributed by atoms with Crippen LogP contribution in [0.2, 0.25) is 10.3 Å². The number of hydrogen-bond donors (Lipinski definition) is 2. The predicted molar refractivity (Wildman–Crippen MR) is 73.9 cm³/mol. The largest absolute Gasteiger partial charge is 0.341 e. The molecule has 21 heavy (non-hydrogen) atoms. The van der Waals surface area contributed by atoms with Crippen molar-refractivity contribution in [2.24, 2.45) is 0 Å². The first kappa shape index (κ1) is 13.7. The van der Waals surface area contributed by atoms with E-state index in [1.807, 2.05) is 0 Å². The number of halogens is 3. The highest BCUT2D eigenvalue weighted by atomic mass is 35.5. The number of hydrogen-bond acceptors (Lipinski definition) is 5. The van der Waals surface area contributed by atoms with Crippen LogP contribution in [0.5, 0.6) is 0 Å². The first-order valence-corrected chi connectivity index (χ1v) is 6.29. The Morgan fingerprint density at radius 2 is 2.05 bits per heavy atom. The van der Waals surface area contributed by atoms with Crippen LogP contribution >= 0.6 is 23.2 Å². The van der Waals surface area contributed by atoms with Gasteiger partial charge in [-0.25, -0.2) is 14.4 Å². The van der Waals surface area contributed by atoms with E-state index in [1.54, 1.807) is 0 Å². The fraction of sp³-hybridized carbons (Fsp3) is 0. The first-order valence-electron chi connectivity index (χ1n) is 5.53. The van der Waals surface area contributed by atoms with Gasteiger partial charge in [-0.2, -0.15) is 9.97 Å². The summed E-state index contributed by atoms with van der Waals surface area (Å²) in [5.74, 6) is -1.48. The van der Waals surface area contributed by atoms with E-state index in [0.717, 1.165) is 12.3 Å². The highest BCUT2D eigenvalue weighted by Crippen LogP contribution is 2.19. The average molecular weight is 327 g/mol. The summed E-state index contributed by atoms with van der Waals surface area (Å²) in [6.07, 6.45) is 2.30. The van der Waals surface area contributed by atoms with Gasteiger partial charge < -0.3 is 4.98 Å². The van der Waals surface area contributed by atoms with E-state index in [4.69, 9.17) is 23.2 Å².